The van der Waals surface area contributed by atoms with Crippen molar-refractivity contribution in [2.24, 2.45) is 0 Å². The number of ether oxygens (including phenoxy) is 1. The molecule has 0 atom stereocenters. The van der Waals surface area contributed by atoms with Crippen LogP contribution in [0.5, 0.6) is 0 Å². The van der Waals surface area contributed by atoms with Gasteiger partial charge in [-0.1, -0.05) is 0 Å². The SMILES string of the molecule is COCCCC(=O)NC1(CC(=O)O)CCNCC1. The summed E-state index contributed by atoms with van der Waals surface area (Å²) in [5, 5.41) is 15.0. The fourth-order valence-corrected chi connectivity index (χ4v) is 2.28. The Morgan fingerprint density at radius 3 is 2.61 bits per heavy atom. The molecule has 0 aromatic rings. The molecule has 3 N–H and O–H groups in total. The van der Waals surface area contributed by atoms with Crippen LogP contribution in [0.25, 0.3) is 0 Å². The van der Waals surface area contributed by atoms with E-state index >= 15 is 0 Å². The minimum Gasteiger partial charge on any atom is -0.481 e. The van der Waals surface area contributed by atoms with E-state index in [9.17, 15) is 9.59 Å². The van der Waals surface area contributed by atoms with Crippen molar-refractivity contribution in [2.75, 3.05) is 26.8 Å². The molecule has 6 heteroatoms. The molecule has 6 nitrogen and oxygen atoms in total. The average Bonchev–Trinajstić information content (AvgIpc) is 2.29. The van der Waals surface area contributed by atoms with Gasteiger partial charge >= 0.3 is 5.97 Å². The number of piperidine rings is 1. The van der Waals surface area contributed by atoms with Crippen molar-refractivity contribution in [2.45, 2.75) is 37.6 Å². The Balaban J connectivity index is 2.49. The lowest BCUT2D eigenvalue weighted by Gasteiger charge is -2.37. The highest BCUT2D eigenvalue weighted by Crippen LogP contribution is 2.22. The van der Waals surface area contributed by atoms with Gasteiger partial charge in [-0.25, -0.2) is 0 Å². The number of carbonyl (C=O) groups is 2. The van der Waals surface area contributed by atoms with Crippen molar-refractivity contribution in [1.82, 2.24) is 10.6 Å². The molecule has 0 saturated carbocycles. The van der Waals surface area contributed by atoms with E-state index in [0.717, 1.165) is 13.1 Å². The summed E-state index contributed by atoms with van der Waals surface area (Å²) in [7, 11) is 1.59. The summed E-state index contributed by atoms with van der Waals surface area (Å²) in [6.45, 7) is 2.03. The Morgan fingerprint density at radius 2 is 2.06 bits per heavy atom. The van der Waals surface area contributed by atoms with E-state index in [-0.39, 0.29) is 12.3 Å². The third-order valence-corrected chi connectivity index (χ3v) is 3.21. The number of hydrogen-bond acceptors (Lipinski definition) is 4. The molecule has 1 aliphatic heterocycles. The summed E-state index contributed by atoms with van der Waals surface area (Å²) in [5.74, 6) is -0.954. The summed E-state index contributed by atoms with van der Waals surface area (Å²) in [4.78, 5) is 22.7. The Labute approximate surface area is 107 Å². The van der Waals surface area contributed by atoms with Gasteiger partial charge < -0.3 is 20.5 Å². The number of carbonyl (C=O) groups excluding carboxylic acids is 1. The first-order chi connectivity index (χ1) is 8.58. The second-order valence-corrected chi connectivity index (χ2v) is 4.75. The number of carboxylic acid groups (broad SMARTS) is 1. The fraction of sp³-hybridized carbons (Fsp3) is 0.833. The molecule has 1 fully saturated rings. The van der Waals surface area contributed by atoms with E-state index in [1.165, 1.54) is 0 Å². The molecule has 0 bridgehead atoms. The Hall–Kier alpha value is -1.14. The summed E-state index contributed by atoms with van der Waals surface area (Å²) >= 11 is 0. The molecular formula is C12H22N2O4. The van der Waals surface area contributed by atoms with E-state index < -0.39 is 11.5 Å². The van der Waals surface area contributed by atoms with Crippen LogP contribution in [0, 0.1) is 0 Å². The monoisotopic (exact) mass is 258 g/mol. The van der Waals surface area contributed by atoms with Crippen LogP contribution in [-0.4, -0.2) is 49.3 Å². The van der Waals surface area contributed by atoms with Crippen molar-refractivity contribution < 1.29 is 19.4 Å². The zero-order valence-electron chi connectivity index (χ0n) is 10.8. The molecule has 1 heterocycles. The van der Waals surface area contributed by atoms with Crippen molar-refractivity contribution in [3.05, 3.63) is 0 Å². The van der Waals surface area contributed by atoms with Crippen LogP contribution < -0.4 is 10.6 Å². The predicted molar refractivity (Wildman–Crippen MR) is 66.3 cm³/mol. The Kier molecular flexibility index (Phi) is 6.07. The van der Waals surface area contributed by atoms with Crippen LogP contribution in [0.4, 0.5) is 0 Å². The molecule has 104 valence electrons. The maximum Gasteiger partial charge on any atom is 0.305 e. The van der Waals surface area contributed by atoms with Gasteiger partial charge in [0, 0.05) is 20.1 Å². The van der Waals surface area contributed by atoms with Gasteiger partial charge in [-0.05, 0) is 32.4 Å². The first-order valence-corrected chi connectivity index (χ1v) is 6.30. The molecule has 0 aliphatic carbocycles. The lowest BCUT2D eigenvalue weighted by Crippen LogP contribution is -2.55. The summed E-state index contributed by atoms with van der Waals surface area (Å²) in [6.07, 6.45) is 2.35. The molecule has 1 amide bonds. The van der Waals surface area contributed by atoms with Gasteiger partial charge in [0.15, 0.2) is 0 Å². The molecular weight excluding hydrogens is 236 g/mol. The lowest BCUT2D eigenvalue weighted by molar-refractivity contribution is -0.139. The van der Waals surface area contributed by atoms with Gasteiger partial charge in [0.2, 0.25) is 5.91 Å². The molecule has 0 spiro atoms. The molecule has 18 heavy (non-hydrogen) atoms. The number of rotatable bonds is 7. The molecule has 1 saturated heterocycles. The van der Waals surface area contributed by atoms with Crippen LogP contribution in [0.2, 0.25) is 0 Å². The van der Waals surface area contributed by atoms with Gasteiger partial charge in [-0.2, -0.15) is 0 Å². The van der Waals surface area contributed by atoms with Gasteiger partial charge in [0.05, 0.1) is 12.0 Å². The largest absolute Gasteiger partial charge is 0.481 e. The number of carboxylic acids is 1. The van der Waals surface area contributed by atoms with Crippen molar-refractivity contribution in [3.63, 3.8) is 0 Å². The van der Waals surface area contributed by atoms with Crippen molar-refractivity contribution in [1.29, 1.82) is 0 Å². The standard InChI is InChI=1S/C12H22N2O4/c1-18-8-2-3-10(15)14-12(9-11(16)17)4-6-13-7-5-12/h13H,2-9H2,1H3,(H,14,15)(H,16,17). The Morgan fingerprint density at radius 1 is 1.39 bits per heavy atom. The second kappa shape index (κ2) is 7.33. The third kappa shape index (κ3) is 5.01. The highest BCUT2D eigenvalue weighted by molar-refractivity contribution is 5.78. The maximum atomic E-state index is 11.8. The number of methoxy groups -OCH3 is 1. The number of amides is 1. The summed E-state index contributed by atoms with van der Waals surface area (Å²) < 4.78 is 4.89. The number of aliphatic carboxylic acids is 1. The van der Waals surface area contributed by atoms with E-state index in [0.29, 0.717) is 32.3 Å². The normalized spacial score (nSPS) is 18.3. The van der Waals surface area contributed by atoms with Crippen molar-refractivity contribution in [3.8, 4) is 0 Å². The average molecular weight is 258 g/mol. The third-order valence-electron chi connectivity index (χ3n) is 3.21. The smallest absolute Gasteiger partial charge is 0.305 e. The van der Waals surface area contributed by atoms with Crippen LogP contribution in [0.1, 0.15) is 32.1 Å². The Bertz CT molecular complexity index is 288. The zero-order chi connectivity index (χ0) is 13.4. The molecule has 1 aliphatic rings. The highest BCUT2D eigenvalue weighted by Gasteiger charge is 2.35. The number of hydrogen-bond donors (Lipinski definition) is 3. The van der Waals surface area contributed by atoms with Crippen LogP contribution in [0.15, 0.2) is 0 Å². The second-order valence-electron chi connectivity index (χ2n) is 4.75. The molecule has 0 aromatic heterocycles. The molecule has 0 aromatic carbocycles. The lowest BCUT2D eigenvalue weighted by atomic mass is 9.85. The van der Waals surface area contributed by atoms with E-state index in [1.807, 2.05) is 0 Å². The quantitative estimate of drug-likeness (QED) is 0.565. The minimum atomic E-state index is -0.867. The molecule has 0 unspecified atom stereocenters. The van der Waals surface area contributed by atoms with Crippen LogP contribution >= 0.6 is 0 Å². The van der Waals surface area contributed by atoms with E-state index in [2.05, 4.69) is 10.6 Å². The number of nitrogens with one attached hydrogen (secondary N) is 2. The van der Waals surface area contributed by atoms with Gasteiger partial charge in [0.1, 0.15) is 0 Å². The van der Waals surface area contributed by atoms with Crippen LogP contribution in [-0.2, 0) is 14.3 Å². The van der Waals surface area contributed by atoms with Crippen LogP contribution in [0.3, 0.4) is 0 Å². The summed E-state index contributed by atoms with van der Waals surface area (Å²) in [6, 6.07) is 0. The predicted octanol–water partition coefficient (Wildman–Crippen LogP) is 0.126. The summed E-state index contributed by atoms with van der Waals surface area (Å²) in [5.41, 5.74) is -0.582. The van der Waals surface area contributed by atoms with Gasteiger partial charge in [-0.3, -0.25) is 9.59 Å². The van der Waals surface area contributed by atoms with Gasteiger partial charge in [-0.15, -0.1) is 0 Å². The van der Waals surface area contributed by atoms with E-state index in [4.69, 9.17) is 9.84 Å². The maximum absolute atomic E-state index is 11.8. The first-order valence-electron chi connectivity index (χ1n) is 6.30. The first kappa shape index (κ1) is 14.9. The molecule has 0 radical (unpaired) electrons. The van der Waals surface area contributed by atoms with Crippen molar-refractivity contribution >= 4 is 11.9 Å². The highest BCUT2D eigenvalue weighted by atomic mass is 16.5. The van der Waals surface area contributed by atoms with E-state index in [1.54, 1.807) is 7.11 Å². The zero-order valence-corrected chi connectivity index (χ0v) is 10.8. The van der Waals surface area contributed by atoms with Gasteiger partial charge in [0.25, 0.3) is 0 Å². The topological polar surface area (TPSA) is 87.7 Å². The minimum absolute atomic E-state index is 0.00923. The molecule has 1 rings (SSSR count). The fourth-order valence-electron chi connectivity index (χ4n) is 2.28.